The summed E-state index contributed by atoms with van der Waals surface area (Å²) >= 11 is 0. The molecule has 3 N–H and O–H groups in total. The molecule has 0 radical (unpaired) electrons. The van der Waals surface area contributed by atoms with E-state index in [4.69, 9.17) is 5.73 Å². The van der Waals surface area contributed by atoms with Gasteiger partial charge in [-0.2, -0.15) is 0 Å². The van der Waals surface area contributed by atoms with Crippen molar-refractivity contribution in [1.29, 1.82) is 0 Å². The fourth-order valence-corrected chi connectivity index (χ4v) is 2.47. The molecule has 0 unspecified atom stereocenters. The topological polar surface area (TPSA) is 77.0 Å². The van der Waals surface area contributed by atoms with Crippen molar-refractivity contribution in [3.8, 4) is 22.6 Å². The van der Waals surface area contributed by atoms with Gasteiger partial charge in [0.05, 0.1) is 12.3 Å². The Balaban J connectivity index is 2.09. The zero-order valence-corrected chi connectivity index (χ0v) is 12.5. The van der Waals surface area contributed by atoms with Gasteiger partial charge in [0.1, 0.15) is 11.6 Å². The number of benzene rings is 1. The lowest BCUT2D eigenvalue weighted by Gasteiger charge is -2.12. The van der Waals surface area contributed by atoms with Gasteiger partial charge in [0, 0.05) is 42.8 Å². The molecule has 6 heteroatoms. The van der Waals surface area contributed by atoms with E-state index in [1.165, 1.54) is 12.1 Å². The zero-order valence-electron chi connectivity index (χ0n) is 12.5. The van der Waals surface area contributed by atoms with Crippen LogP contribution in [0.3, 0.4) is 0 Å². The maximum Gasteiger partial charge on any atom is 0.140 e. The van der Waals surface area contributed by atoms with Gasteiger partial charge in [-0.1, -0.05) is 0 Å². The van der Waals surface area contributed by atoms with Crippen molar-refractivity contribution in [1.82, 2.24) is 14.5 Å². The van der Waals surface area contributed by atoms with Crippen LogP contribution in [0.5, 0.6) is 0 Å². The number of halogens is 1. The third-order valence-electron chi connectivity index (χ3n) is 3.64. The number of pyridine rings is 1. The van der Waals surface area contributed by atoms with E-state index in [0.29, 0.717) is 13.1 Å². The summed E-state index contributed by atoms with van der Waals surface area (Å²) in [7, 11) is 0. The number of nitrogens with two attached hydrogens (primary N) is 1. The molecule has 0 fully saturated rings. The number of hydrogen-bond acceptors (Lipinski definition) is 4. The minimum absolute atomic E-state index is 0.0250. The molecule has 0 bridgehead atoms. The van der Waals surface area contributed by atoms with Crippen molar-refractivity contribution in [2.75, 3.05) is 6.61 Å². The highest BCUT2D eigenvalue weighted by molar-refractivity contribution is 5.69. The van der Waals surface area contributed by atoms with Crippen LogP contribution in [0.2, 0.25) is 0 Å². The highest BCUT2D eigenvalue weighted by atomic mass is 19.1. The van der Waals surface area contributed by atoms with Crippen LogP contribution in [0.15, 0.2) is 48.9 Å². The lowest BCUT2D eigenvalue weighted by molar-refractivity contribution is 0.276. The monoisotopic (exact) mass is 312 g/mol. The van der Waals surface area contributed by atoms with Gasteiger partial charge >= 0.3 is 0 Å². The van der Waals surface area contributed by atoms with Crippen molar-refractivity contribution >= 4 is 0 Å². The zero-order chi connectivity index (χ0) is 16.2. The molecule has 0 aliphatic rings. The Bertz CT molecular complexity index is 799. The first-order valence-electron chi connectivity index (χ1n) is 7.30. The Labute approximate surface area is 133 Å². The number of rotatable bonds is 5. The minimum atomic E-state index is -0.286. The second kappa shape index (κ2) is 6.68. The lowest BCUT2D eigenvalue weighted by atomic mass is 10.0. The van der Waals surface area contributed by atoms with Crippen molar-refractivity contribution in [2.24, 2.45) is 5.73 Å². The molecule has 2 aromatic heterocycles. The molecule has 2 heterocycles. The molecule has 3 rings (SSSR count). The number of imidazole rings is 1. The molecule has 0 aliphatic carbocycles. The normalized spacial score (nSPS) is 10.9. The number of aliphatic hydroxyl groups excluding tert-OH is 1. The summed E-state index contributed by atoms with van der Waals surface area (Å²) in [4.78, 5) is 8.78. The van der Waals surface area contributed by atoms with Gasteiger partial charge in [0.2, 0.25) is 0 Å². The van der Waals surface area contributed by atoms with Gasteiger partial charge in [0.15, 0.2) is 0 Å². The van der Waals surface area contributed by atoms with Gasteiger partial charge in [-0.15, -0.1) is 0 Å². The summed E-state index contributed by atoms with van der Waals surface area (Å²) in [5.74, 6) is 0.441. The van der Waals surface area contributed by atoms with Gasteiger partial charge in [-0.3, -0.25) is 4.98 Å². The summed E-state index contributed by atoms with van der Waals surface area (Å²) in [6.45, 7) is 0.808. The molecule has 0 saturated carbocycles. The third kappa shape index (κ3) is 3.13. The second-order valence-electron chi connectivity index (χ2n) is 5.11. The molecule has 3 aromatic rings. The maximum absolute atomic E-state index is 13.1. The molecule has 23 heavy (non-hydrogen) atoms. The molecule has 5 nitrogen and oxygen atoms in total. The smallest absolute Gasteiger partial charge is 0.140 e. The number of aromatic nitrogens is 3. The van der Waals surface area contributed by atoms with E-state index in [1.807, 2.05) is 16.8 Å². The SMILES string of the molecule is NCc1cnc(-c2ccc(F)cc2)cc1-c1nccn1CCO. The number of nitrogens with zero attached hydrogens (tertiary/aromatic N) is 3. The van der Waals surface area contributed by atoms with E-state index in [0.717, 1.165) is 28.2 Å². The predicted octanol–water partition coefficient (Wildman–Crippen LogP) is 2.20. The standard InChI is InChI=1S/C17H17FN4O/c18-14-3-1-12(2-4-14)16-9-15(13(10-19)11-21-16)17-20-5-6-22(17)7-8-23/h1-6,9,11,23H,7-8,10,19H2. The fourth-order valence-electron chi connectivity index (χ4n) is 2.47. The molecule has 0 spiro atoms. The summed E-state index contributed by atoms with van der Waals surface area (Å²) < 4.78 is 15.0. The fraction of sp³-hybridized carbons (Fsp3) is 0.176. The molecule has 118 valence electrons. The van der Waals surface area contributed by atoms with Crippen LogP contribution in [-0.2, 0) is 13.1 Å². The molecule has 1 aromatic carbocycles. The Morgan fingerprint density at radius 2 is 1.96 bits per heavy atom. The van der Waals surface area contributed by atoms with Gasteiger partial charge in [-0.25, -0.2) is 9.37 Å². The summed E-state index contributed by atoms with van der Waals surface area (Å²) in [5.41, 5.74) is 9.07. The average Bonchev–Trinajstić information content (AvgIpc) is 3.03. The third-order valence-corrected chi connectivity index (χ3v) is 3.64. The first-order chi connectivity index (χ1) is 11.2. The quantitative estimate of drug-likeness (QED) is 0.757. The van der Waals surface area contributed by atoms with Crippen LogP contribution in [0.4, 0.5) is 4.39 Å². The van der Waals surface area contributed by atoms with Gasteiger partial charge < -0.3 is 15.4 Å². The van der Waals surface area contributed by atoms with Crippen molar-refractivity contribution < 1.29 is 9.50 Å². The Morgan fingerprint density at radius 3 is 2.65 bits per heavy atom. The highest BCUT2D eigenvalue weighted by Crippen LogP contribution is 2.27. The highest BCUT2D eigenvalue weighted by Gasteiger charge is 2.13. The molecule has 0 atom stereocenters. The first-order valence-corrected chi connectivity index (χ1v) is 7.30. The second-order valence-corrected chi connectivity index (χ2v) is 5.11. The molecule has 0 aliphatic heterocycles. The Morgan fingerprint density at radius 1 is 1.17 bits per heavy atom. The lowest BCUT2D eigenvalue weighted by Crippen LogP contribution is -2.07. The molecule has 0 saturated heterocycles. The molecule has 0 amide bonds. The van der Waals surface area contributed by atoms with Crippen LogP contribution >= 0.6 is 0 Å². The summed E-state index contributed by atoms with van der Waals surface area (Å²) in [5, 5.41) is 9.17. The van der Waals surface area contributed by atoms with Crippen LogP contribution in [0.25, 0.3) is 22.6 Å². The van der Waals surface area contributed by atoms with E-state index < -0.39 is 0 Å². The van der Waals surface area contributed by atoms with Crippen LogP contribution in [0, 0.1) is 5.82 Å². The maximum atomic E-state index is 13.1. The Kier molecular flexibility index (Phi) is 4.45. The van der Waals surface area contributed by atoms with Gasteiger partial charge in [0.25, 0.3) is 0 Å². The first kappa shape index (κ1) is 15.3. The number of hydrogen-bond donors (Lipinski definition) is 2. The van der Waals surface area contributed by atoms with E-state index in [1.54, 1.807) is 24.5 Å². The average molecular weight is 312 g/mol. The van der Waals surface area contributed by atoms with E-state index in [9.17, 15) is 9.50 Å². The van der Waals surface area contributed by atoms with Crippen molar-refractivity contribution in [3.05, 3.63) is 60.3 Å². The van der Waals surface area contributed by atoms with Crippen LogP contribution in [-0.4, -0.2) is 26.2 Å². The van der Waals surface area contributed by atoms with E-state index in [2.05, 4.69) is 9.97 Å². The largest absolute Gasteiger partial charge is 0.395 e. The molecular weight excluding hydrogens is 295 g/mol. The minimum Gasteiger partial charge on any atom is -0.395 e. The summed E-state index contributed by atoms with van der Waals surface area (Å²) in [6, 6.07) is 8.07. The van der Waals surface area contributed by atoms with E-state index >= 15 is 0 Å². The van der Waals surface area contributed by atoms with Crippen LogP contribution < -0.4 is 5.73 Å². The number of aliphatic hydroxyl groups is 1. The Hall–Kier alpha value is -2.57. The molecular formula is C17H17FN4O. The van der Waals surface area contributed by atoms with Crippen LogP contribution in [0.1, 0.15) is 5.56 Å². The predicted molar refractivity (Wildman–Crippen MR) is 85.8 cm³/mol. The van der Waals surface area contributed by atoms with Gasteiger partial charge in [-0.05, 0) is 35.9 Å². The van der Waals surface area contributed by atoms with Crippen molar-refractivity contribution in [3.63, 3.8) is 0 Å². The van der Waals surface area contributed by atoms with Crippen molar-refractivity contribution in [2.45, 2.75) is 13.1 Å². The summed E-state index contributed by atoms with van der Waals surface area (Å²) in [6.07, 6.45) is 5.21. The van der Waals surface area contributed by atoms with E-state index in [-0.39, 0.29) is 12.4 Å².